The van der Waals surface area contributed by atoms with Crippen LogP contribution in [0.25, 0.3) is 11.1 Å². The zero-order valence-corrected chi connectivity index (χ0v) is 8.12. The molecule has 0 spiro atoms. The summed E-state index contributed by atoms with van der Waals surface area (Å²) in [5.41, 5.74) is 7.58. The van der Waals surface area contributed by atoms with Gasteiger partial charge in [0.25, 0.3) is 0 Å². The minimum Gasteiger partial charge on any atom is -0.366 e. The first kappa shape index (κ1) is 8.90. The zero-order chi connectivity index (χ0) is 9.97. The monoisotopic (exact) mass is 204 g/mol. The molecule has 0 atom stereocenters. The fourth-order valence-electron chi connectivity index (χ4n) is 1.16. The third-order valence-corrected chi connectivity index (χ3v) is 2.56. The number of pyridine rings is 1. The largest absolute Gasteiger partial charge is 0.366 e. The third-order valence-electron chi connectivity index (χ3n) is 1.88. The van der Waals surface area contributed by atoms with E-state index < -0.39 is 5.91 Å². The number of carbonyl (C=O) groups is 1. The average molecular weight is 204 g/mol. The molecule has 0 aromatic carbocycles. The van der Waals surface area contributed by atoms with Crippen molar-refractivity contribution in [3.05, 3.63) is 40.8 Å². The molecule has 0 unspecified atom stereocenters. The lowest BCUT2D eigenvalue weighted by Crippen LogP contribution is -2.11. The SMILES string of the molecule is NC(=O)c1cncc(-c2ccsc2)c1. The minimum atomic E-state index is -0.449. The van der Waals surface area contributed by atoms with Crippen LogP contribution in [-0.2, 0) is 0 Å². The molecule has 0 saturated carbocycles. The van der Waals surface area contributed by atoms with Crippen molar-refractivity contribution in [2.24, 2.45) is 5.73 Å². The summed E-state index contributed by atoms with van der Waals surface area (Å²) >= 11 is 1.60. The van der Waals surface area contributed by atoms with Crippen molar-refractivity contribution < 1.29 is 4.79 Å². The van der Waals surface area contributed by atoms with Gasteiger partial charge in [0.15, 0.2) is 0 Å². The van der Waals surface area contributed by atoms with Crippen molar-refractivity contribution in [3.8, 4) is 11.1 Å². The number of rotatable bonds is 2. The Hall–Kier alpha value is -1.68. The molecule has 2 N–H and O–H groups in total. The summed E-state index contributed by atoms with van der Waals surface area (Å²) in [4.78, 5) is 14.9. The first-order valence-corrected chi connectivity index (χ1v) is 4.99. The Labute approximate surface area is 85.2 Å². The lowest BCUT2D eigenvalue weighted by Gasteiger charge is -1.98. The average Bonchev–Trinajstić information content (AvgIpc) is 2.71. The van der Waals surface area contributed by atoms with Gasteiger partial charge < -0.3 is 5.73 Å². The van der Waals surface area contributed by atoms with Crippen molar-refractivity contribution in [1.29, 1.82) is 0 Å². The molecule has 1 amide bonds. The van der Waals surface area contributed by atoms with E-state index in [2.05, 4.69) is 4.98 Å². The van der Waals surface area contributed by atoms with Gasteiger partial charge in [-0.1, -0.05) is 0 Å². The van der Waals surface area contributed by atoms with Gasteiger partial charge in [0.05, 0.1) is 5.56 Å². The number of hydrogen-bond acceptors (Lipinski definition) is 3. The van der Waals surface area contributed by atoms with E-state index in [0.717, 1.165) is 11.1 Å². The lowest BCUT2D eigenvalue weighted by atomic mass is 10.1. The number of aromatic nitrogens is 1. The predicted octanol–water partition coefficient (Wildman–Crippen LogP) is 1.91. The fourth-order valence-corrected chi connectivity index (χ4v) is 1.83. The number of nitrogens with zero attached hydrogens (tertiary/aromatic N) is 1. The van der Waals surface area contributed by atoms with Crippen LogP contribution in [0.2, 0.25) is 0 Å². The third kappa shape index (κ3) is 1.65. The highest BCUT2D eigenvalue weighted by Crippen LogP contribution is 2.21. The highest BCUT2D eigenvalue weighted by atomic mass is 32.1. The summed E-state index contributed by atoms with van der Waals surface area (Å²) in [6.07, 6.45) is 3.19. The van der Waals surface area contributed by atoms with Crippen LogP contribution in [0.15, 0.2) is 35.3 Å². The van der Waals surface area contributed by atoms with Crippen LogP contribution in [0.1, 0.15) is 10.4 Å². The summed E-state index contributed by atoms with van der Waals surface area (Å²) in [6.45, 7) is 0. The molecule has 2 rings (SSSR count). The van der Waals surface area contributed by atoms with Crippen molar-refractivity contribution >= 4 is 17.2 Å². The second kappa shape index (κ2) is 3.59. The van der Waals surface area contributed by atoms with Gasteiger partial charge in [-0.3, -0.25) is 9.78 Å². The molecule has 0 aliphatic heterocycles. The highest BCUT2D eigenvalue weighted by molar-refractivity contribution is 7.08. The second-order valence-electron chi connectivity index (χ2n) is 2.84. The molecule has 0 fully saturated rings. The Balaban J connectivity index is 2.46. The Morgan fingerprint density at radius 2 is 2.21 bits per heavy atom. The number of nitrogens with two attached hydrogens (primary N) is 1. The molecule has 4 heteroatoms. The number of amides is 1. The summed E-state index contributed by atoms with van der Waals surface area (Å²) in [7, 11) is 0. The Bertz CT molecular complexity index is 451. The molecule has 0 aliphatic rings. The molecule has 14 heavy (non-hydrogen) atoms. The Morgan fingerprint density at radius 1 is 1.36 bits per heavy atom. The van der Waals surface area contributed by atoms with Crippen molar-refractivity contribution in [1.82, 2.24) is 4.98 Å². The van der Waals surface area contributed by atoms with E-state index >= 15 is 0 Å². The molecule has 0 aliphatic carbocycles. The van der Waals surface area contributed by atoms with E-state index in [0.29, 0.717) is 5.56 Å². The fraction of sp³-hybridized carbons (Fsp3) is 0. The van der Waals surface area contributed by atoms with Crippen LogP contribution in [0.5, 0.6) is 0 Å². The Kier molecular flexibility index (Phi) is 2.28. The van der Waals surface area contributed by atoms with E-state index in [1.807, 2.05) is 16.8 Å². The molecule has 70 valence electrons. The summed E-state index contributed by atoms with van der Waals surface area (Å²) in [5, 5.41) is 3.98. The smallest absolute Gasteiger partial charge is 0.250 e. The van der Waals surface area contributed by atoms with E-state index in [-0.39, 0.29) is 0 Å². The van der Waals surface area contributed by atoms with Gasteiger partial charge >= 0.3 is 0 Å². The van der Waals surface area contributed by atoms with Gasteiger partial charge in [-0.2, -0.15) is 11.3 Å². The normalized spacial score (nSPS) is 10.0. The van der Waals surface area contributed by atoms with Gasteiger partial charge in [-0.15, -0.1) is 0 Å². The summed E-state index contributed by atoms with van der Waals surface area (Å²) in [6, 6.07) is 3.73. The molecular formula is C10H8N2OS. The van der Waals surface area contributed by atoms with Crippen LogP contribution in [0, 0.1) is 0 Å². The number of carbonyl (C=O) groups excluding carboxylic acids is 1. The quantitative estimate of drug-likeness (QED) is 0.812. The number of thiophene rings is 1. The van der Waals surface area contributed by atoms with Crippen LogP contribution in [0.4, 0.5) is 0 Å². The first-order chi connectivity index (χ1) is 6.77. The first-order valence-electron chi connectivity index (χ1n) is 4.05. The van der Waals surface area contributed by atoms with E-state index in [4.69, 9.17) is 5.73 Å². The molecule has 0 saturated heterocycles. The predicted molar refractivity (Wildman–Crippen MR) is 56.1 cm³/mol. The maximum Gasteiger partial charge on any atom is 0.250 e. The number of primary amides is 1. The van der Waals surface area contributed by atoms with E-state index in [9.17, 15) is 4.79 Å². The maximum atomic E-state index is 10.9. The molecule has 2 aromatic rings. The van der Waals surface area contributed by atoms with E-state index in [1.165, 1.54) is 6.20 Å². The van der Waals surface area contributed by atoms with Gasteiger partial charge in [0.1, 0.15) is 0 Å². The Morgan fingerprint density at radius 3 is 2.86 bits per heavy atom. The van der Waals surface area contributed by atoms with Crippen LogP contribution >= 0.6 is 11.3 Å². The van der Waals surface area contributed by atoms with Gasteiger partial charge in [-0.05, 0) is 28.5 Å². The molecular weight excluding hydrogens is 196 g/mol. The van der Waals surface area contributed by atoms with Crippen LogP contribution < -0.4 is 5.73 Å². The molecule has 0 bridgehead atoms. The van der Waals surface area contributed by atoms with Crippen LogP contribution in [0.3, 0.4) is 0 Å². The second-order valence-corrected chi connectivity index (χ2v) is 3.62. The topological polar surface area (TPSA) is 56.0 Å². The standard InChI is InChI=1S/C10H8N2OS/c11-10(13)9-3-8(4-12-5-9)7-1-2-14-6-7/h1-6H,(H2,11,13). The van der Waals surface area contributed by atoms with Gasteiger partial charge in [0, 0.05) is 18.0 Å². The molecule has 2 aromatic heterocycles. The lowest BCUT2D eigenvalue weighted by molar-refractivity contribution is 0.1000. The zero-order valence-electron chi connectivity index (χ0n) is 7.31. The maximum absolute atomic E-state index is 10.9. The van der Waals surface area contributed by atoms with Crippen molar-refractivity contribution in [3.63, 3.8) is 0 Å². The van der Waals surface area contributed by atoms with Gasteiger partial charge in [0.2, 0.25) is 5.91 Å². The molecule has 2 heterocycles. The highest BCUT2D eigenvalue weighted by Gasteiger charge is 2.03. The molecule has 3 nitrogen and oxygen atoms in total. The van der Waals surface area contributed by atoms with E-state index in [1.54, 1.807) is 23.6 Å². The van der Waals surface area contributed by atoms with Crippen molar-refractivity contribution in [2.45, 2.75) is 0 Å². The summed E-state index contributed by atoms with van der Waals surface area (Å²) < 4.78 is 0. The molecule has 0 radical (unpaired) electrons. The van der Waals surface area contributed by atoms with Crippen molar-refractivity contribution in [2.75, 3.05) is 0 Å². The number of hydrogen-bond donors (Lipinski definition) is 1. The van der Waals surface area contributed by atoms with Crippen LogP contribution in [-0.4, -0.2) is 10.9 Å². The summed E-state index contributed by atoms with van der Waals surface area (Å²) in [5.74, 6) is -0.449. The van der Waals surface area contributed by atoms with Gasteiger partial charge in [-0.25, -0.2) is 0 Å². The minimum absolute atomic E-state index is 0.439.